The lowest BCUT2D eigenvalue weighted by atomic mass is 9.88. The Morgan fingerprint density at radius 1 is 1.09 bits per heavy atom. The van der Waals surface area contributed by atoms with Crippen LogP contribution in [-0.4, -0.2) is 23.6 Å². The zero-order chi connectivity index (χ0) is 22.1. The van der Waals surface area contributed by atoms with Gasteiger partial charge in [-0.1, -0.05) is 30.5 Å². The molecule has 0 spiro atoms. The lowest BCUT2D eigenvalue weighted by Gasteiger charge is -2.18. The predicted octanol–water partition coefficient (Wildman–Crippen LogP) is 6.31. The van der Waals surface area contributed by atoms with Crippen LogP contribution in [0, 0.1) is 18.8 Å². The fraction of sp³-hybridized carbons (Fsp3) is 0.519. The van der Waals surface area contributed by atoms with Crippen molar-refractivity contribution in [1.82, 2.24) is 0 Å². The molecule has 1 unspecified atom stereocenters. The monoisotopic (exact) mass is 446 g/mol. The minimum Gasteiger partial charge on any atom is -0.299 e. The Bertz CT molecular complexity index is 1080. The van der Waals surface area contributed by atoms with Crippen LogP contribution in [0.15, 0.2) is 34.3 Å². The molecule has 32 heavy (non-hydrogen) atoms. The van der Waals surface area contributed by atoms with Gasteiger partial charge in [-0.2, -0.15) is 4.99 Å². The number of aliphatic imine (C=N–C) groups is 2. The molecular weight excluding hydrogens is 416 g/mol. The summed E-state index contributed by atoms with van der Waals surface area (Å²) < 4.78 is 0. The Labute approximate surface area is 193 Å². The smallest absolute Gasteiger partial charge is 0.164 e. The third-order valence-corrected chi connectivity index (χ3v) is 8.18. The minimum absolute atomic E-state index is 0.0910. The van der Waals surface area contributed by atoms with Crippen molar-refractivity contribution in [1.29, 1.82) is 0 Å². The van der Waals surface area contributed by atoms with E-state index in [2.05, 4.69) is 22.9 Å². The van der Waals surface area contributed by atoms with Gasteiger partial charge in [-0.3, -0.25) is 9.59 Å². The first kappa shape index (κ1) is 21.5. The third-order valence-electron chi connectivity index (χ3n) is 6.88. The molecule has 3 aliphatic carbocycles. The molecule has 5 rings (SSSR count). The zero-order valence-corrected chi connectivity index (χ0v) is 19.5. The summed E-state index contributed by atoms with van der Waals surface area (Å²) in [7, 11) is 0. The van der Waals surface area contributed by atoms with E-state index in [1.807, 2.05) is 24.3 Å². The maximum atomic E-state index is 13.3. The quantitative estimate of drug-likeness (QED) is 0.334. The average molecular weight is 447 g/mol. The van der Waals surface area contributed by atoms with E-state index in [0.717, 1.165) is 66.1 Å². The molecule has 3 aliphatic rings. The SMILES string of the molecule is Cc1ccc(N=C=NC2CCc3sc(CC(=O)C4CC4)c(C(=O)CCC4CC4)c3C2)cc1. The number of Topliss-reactive ketones (excluding diaryl/α,β-unsaturated/α-hetero) is 2. The number of aryl methyl sites for hydroxylation is 2. The first-order valence-corrected chi connectivity index (χ1v) is 12.8. The van der Waals surface area contributed by atoms with Gasteiger partial charge in [0.05, 0.1) is 17.7 Å². The van der Waals surface area contributed by atoms with E-state index in [1.54, 1.807) is 11.3 Å². The van der Waals surface area contributed by atoms with Crippen LogP contribution in [0.4, 0.5) is 5.69 Å². The normalized spacial score (nSPS) is 19.7. The summed E-state index contributed by atoms with van der Waals surface area (Å²) in [5.41, 5.74) is 4.08. The highest BCUT2D eigenvalue weighted by Crippen LogP contribution is 2.40. The molecule has 2 saturated carbocycles. The summed E-state index contributed by atoms with van der Waals surface area (Å²) in [6.07, 6.45) is 9.22. The maximum absolute atomic E-state index is 13.3. The third kappa shape index (κ3) is 5.16. The molecule has 0 amide bonds. The largest absolute Gasteiger partial charge is 0.299 e. The van der Waals surface area contributed by atoms with Crippen LogP contribution in [0.25, 0.3) is 0 Å². The van der Waals surface area contributed by atoms with Crippen molar-refractivity contribution >= 4 is 34.6 Å². The number of benzene rings is 1. The number of carbonyl (C=O) groups excluding carboxylic acids is 2. The number of nitrogens with zero attached hydrogens (tertiary/aromatic N) is 2. The topological polar surface area (TPSA) is 58.9 Å². The molecule has 1 heterocycles. The summed E-state index contributed by atoms with van der Waals surface area (Å²) >= 11 is 1.71. The zero-order valence-electron chi connectivity index (χ0n) is 18.7. The van der Waals surface area contributed by atoms with Crippen LogP contribution in [0.3, 0.4) is 0 Å². The van der Waals surface area contributed by atoms with Gasteiger partial charge in [0, 0.05) is 34.1 Å². The van der Waals surface area contributed by atoms with Gasteiger partial charge in [0.1, 0.15) is 5.78 Å². The molecule has 0 saturated heterocycles. The fourth-order valence-electron chi connectivity index (χ4n) is 4.54. The number of hydrogen-bond acceptors (Lipinski definition) is 5. The molecule has 5 heteroatoms. The molecule has 1 aromatic carbocycles. The molecule has 2 fully saturated rings. The molecule has 0 bridgehead atoms. The van der Waals surface area contributed by atoms with Crippen molar-refractivity contribution in [2.24, 2.45) is 21.8 Å². The summed E-state index contributed by atoms with van der Waals surface area (Å²) in [6.45, 7) is 2.05. The second-order valence-corrected chi connectivity index (χ2v) is 10.9. The Kier molecular flexibility index (Phi) is 6.21. The van der Waals surface area contributed by atoms with Crippen LogP contribution in [0.2, 0.25) is 0 Å². The van der Waals surface area contributed by atoms with Crippen molar-refractivity contribution in [3.05, 3.63) is 50.7 Å². The summed E-state index contributed by atoms with van der Waals surface area (Å²) in [6, 6.07) is 11.0. The molecule has 0 aliphatic heterocycles. The second-order valence-electron chi connectivity index (χ2n) is 9.70. The molecule has 0 N–H and O–H groups in total. The number of fused-ring (bicyclic) bond motifs is 1. The minimum atomic E-state index is 0.0910. The fourth-order valence-corrected chi connectivity index (χ4v) is 5.92. The number of thiophene rings is 1. The van der Waals surface area contributed by atoms with Crippen molar-refractivity contribution in [3.63, 3.8) is 0 Å². The molecule has 2 aromatic rings. The first-order chi connectivity index (χ1) is 15.6. The molecular formula is C27H30N2O2S. The van der Waals surface area contributed by atoms with Gasteiger partial charge >= 0.3 is 0 Å². The molecule has 166 valence electrons. The lowest BCUT2D eigenvalue weighted by molar-refractivity contribution is -0.119. The van der Waals surface area contributed by atoms with Gasteiger partial charge in [-0.25, -0.2) is 4.99 Å². The number of ketones is 2. The molecule has 4 nitrogen and oxygen atoms in total. The average Bonchev–Trinajstić information content (AvgIpc) is 3.70. The van der Waals surface area contributed by atoms with E-state index in [1.165, 1.54) is 23.3 Å². The Morgan fingerprint density at radius 3 is 2.59 bits per heavy atom. The summed E-state index contributed by atoms with van der Waals surface area (Å²) in [4.78, 5) is 37.1. The van der Waals surface area contributed by atoms with Gasteiger partial charge in [0.15, 0.2) is 5.78 Å². The highest BCUT2D eigenvalue weighted by Gasteiger charge is 2.34. The van der Waals surface area contributed by atoms with E-state index in [4.69, 9.17) is 0 Å². The van der Waals surface area contributed by atoms with Gasteiger partial charge in [0.25, 0.3) is 0 Å². The van der Waals surface area contributed by atoms with E-state index in [-0.39, 0.29) is 17.7 Å². The van der Waals surface area contributed by atoms with Gasteiger partial charge in [0.2, 0.25) is 0 Å². The van der Waals surface area contributed by atoms with Gasteiger partial charge < -0.3 is 0 Å². The molecule has 0 radical (unpaired) electrons. The van der Waals surface area contributed by atoms with Gasteiger partial charge in [-0.15, -0.1) is 11.3 Å². The van der Waals surface area contributed by atoms with Crippen LogP contribution < -0.4 is 0 Å². The van der Waals surface area contributed by atoms with Crippen molar-refractivity contribution in [2.75, 3.05) is 0 Å². The summed E-state index contributed by atoms with van der Waals surface area (Å²) in [5.74, 6) is 1.53. The van der Waals surface area contributed by atoms with E-state index in [0.29, 0.717) is 18.6 Å². The highest BCUT2D eigenvalue weighted by atomic mass is 32.1. The Hall–Kier alpha value is -2.36. The van der Waals surface area contributed by atoms with E-state index in [9.17, 15) is 9.59 Å². The second kappa shape index (κ2) is 9.25. The van der Waals surface area contributed by atoms with Crippen LogP contribution in [-0.2, 0) is 24.1 Å². The van der Waals surface area contributed by atoms with E-state index < -0.39 is 0 Å². The molecule has 1 atom stereocenters. The Balaban J connectivity index is 1.35. The predicted molar refractivity (Wildman–Crippen MR) is 129 cm³/mol. The van der Waals surface area contributed by atoms with Crippen LogP contribution in [0.1, 0.15) is 76.2 Å². The maximum Gasteiger partial charge on any atom is 0.164 e. The van der Waals surface area contributed by atoms with Crippen LogP contribution >= 0.6 is 11.3 Å². The lowest BCUT2D eigenvalue weighted by Crippen LogP contribution is -2.18. The first-order valence-electron chi connectivity index (χ1n) is 12.0. The van der Waals surface area contributed by atoms with Gasteiger partial charge in [-0.05, 0) is 69.1 Å². The summed E-state index contributed by atoms with van der Waals surface area (Å²) in [5, 5.41) is 0. The Morgan fingerprint density at radius 2 is 1.88 bits per heavy atom. The van der Waals surface area contributed by atoms with Crippen molar-refractivity contribution < 1.29 is 9.59 Å². The van der Waals surface area contributed by atoms with E-state index >= 15 is 0 Å². The number of carbonyl (C=O) groups is 2. The number of rotatable bonds is 9. The van der Waals surface area contributed by atoms with Crippen LogP contribution in [0.5, 0.6) is 0 Å². The highest BCUT2D eigenvalue weighted by molar-refractivity contribution is 7.12. The van der Waals surface area contributed by atoms with Crippen molar-refractivity contribution in [2.45, 2.75) is 77.2 Å². The standard InChI is InChI=1S/C27H30N2O2S/c1-17-2-9-20(10-3-17)28-16-29-21-11-13-25-22(14-21)27(23(30)12-6-18-4-5-18)26(32-25)15-24(31)19-7-8-19/h2-3,9-10,18-19,21H,4-8,11-15H2,1H3. The van der Waals surface area contributed by atoms with Crippen molar-refractivity contribution in [3.8, 4) is 0 Å². The number of hydrogen-bond donors (Lipinski definition) is 0. The molecule has 1 aromatic heterocycles.